The van der Waals surface area contributed by atoms with Crippen LogP contribution in [-0.4, -0.2) is 25.5 Å². The van der Waals surface area contributed by atoms with Crippen molar-refractivity contribution >= 4 is 5.91 Å². The predicted molar refractivity (Wildman–Crippen MR) is 69.1 cm³/mol. The average molecular weight is 232 g/mol. The summed E-state index contributed by atoms with van der Waals surface area (Å²) in [6.45, 7) is 5.00. The van der Waals surface area contributed by atoms with Crippen LogP contribution in [0, 0.1) is 12.8 Å². The van der Waals surface area contributed by atoms with Gasteiger partial charge in [-0.1, -0.05) is 17.7 Å². The van der Waals surface area contributed by atoms with Crippen LogP contribution >= 0.6 is 0 Å². The molecule has 92 valence electrons. The van der Waals surface area contributed by atoms with E-state index in [2.05, 4.69) is 10.6 Å². The molecule has 3 nitrogen and oxygen atoms in total. The normalized spacial score (nSPS) is 19.2. The van der Waals surface area contributed by atoms with Gasteiger partial charge in [0.25, 0.3) is 5.91 Å². The van der Waals surface area contributed by atoms with E-state index in [1.54, 1.807) is 0 Å². The van der Waals surface area contributed by atoms with Gasteiger partial charge in [-0.25, -0.2) is 0 Å². The molecule has 0 spiro atoms. The van der Waals surface area contributed by atoms with Crippen LogP contribution in [0.1, 0.15) is 28.8 Å². The van der Waals surface area contributed by atoms with Crippen molar-refractivity contribution in [2.45, 2.75) is 19.8 Å². The van der Waals surface area contributed by atoms with E-state index in [4.69, 9.17) is 0 Å². The average Bonchev–Trinajstić information content (AvgIpc) is 2.82. The molecular formula is C14H20N2O. The lowest BCUT2D eigenvalue weighted by Crippen LogP contribution is -2.26. The third-order valence-corrected chi connectivity index (χ3v) is 3.28. The van der Waals surface area contributed by atoms with Gasteiger partial charge in [-0.3, -0.25) is 4.79 Å². The summed E-state index contributed by atoms with van der Waals surface area (Å²) in [5.41, 5.74) is 1.88. The highest BCUT2D eigenvalue weighted by Crippen LogP contribution is 2.11. The lowest BCUT2D eigenvalue weighted by atomic mass is 10.1. The third kappa shape index (κ3) is 3.56. The molecule has 1 amide bonds. The molecule has 0 bridgehead atoms. The molecule has 1 heterocycles. The monoisotopic (exact) mass is 232 g/mol. The first-order chi connectivity index (χ1) is 8.25. The van der Waals surface area contributed by atoms with Gasteiger partial charge in [-0.05, 0) is 50.9 Å². The maximum Gasteiger partial charge on any atom is 0.251 e. The fourth-order valence-corrected chi connectivity index (χ4v) is 2.24. The molecule has 1 atom stereocenters. The van der Waals surface area contributed by atoms with Crippen LogP contribution in [0.2, 0.25) is 0 Å². The molecule has 1 aliphatic rings. The summed E-state index contributed by atoms with van der Waals surface area (Å²) in [4.78, 5) is 11.8. The molecule has 1 fully saturated rings. The number of hydrogen-bond donors (Lipinski definition) is 2. The minimum atomic E-state index is 0.0413. The van der Waals surface area contributed by atoms with E-state index >= 15 is 0 Å². The lowest BCUT2D eigenvalue weighted by Gasteiger charge is -2.09. The first kappa shape index (κ1) is 12.1. The van der Waals surface area contributed by atoms with Crippen molar-refractivity contribution in [1.82, 2.24) is 10.6 Å². The molecule has 3 heteroatoms. The van der Waals surface area contributed by atoms with E-state index in [1.807, 2.05) is 31.2 Å². The topological polar surface area (TPSA) is 41.1 Å². The zero-order valence-electron chi connectivity index (χ0n) is 10.3. The molecule has 2 rings (SSSR count). The highest BCUT2D eigenvalue weighted by molar-refractivity contribution is 5.94. The zero-order valence-corrected chi connectivity index (χ0v) is 10.3. The molecule has 17 heavy (non-hydrogen) atoms. The molecule has 0 aliphatic carbocycles. The van der Waals surface area contributed by atoms with Crippen LogP contribution in [0.15, 0.2) is 24.3 Å². The molecule has 1 unspecified atom stereocenters. The van der Waals surface area contributed by atoms with Gasteiger partial charge in [0.2, 0.25) is 0 Å². The van der Waals surface area contributed by atoms with Crippen molar-refractivity contribution in [1.29, 1.82) is 0 Å². The number of hydrogen-bond acceptors (Lipinski definition) is 2. The van der Waals surface area contributed by atoms with Crippen LogP contribution < -0.4 is 10.6 Å². The van der Waals surface area contributed by atoms with E-state index in [9.17, 15) is 4.79 Å². The lowest BCUT2D eigenvalue weighted by molar-refractivity contribution is 0.0951. The van der Waals surface area contributed by atoms with Crippen LogP contribution in [0.4, 0.5) is 0 Å². The first-order valence-electron chi connectivity index (χ1n) is 6.31. The van der Waals surface area contributed by atoms with Gasteiger partial charge in [0.1, 0.15) is 0 Å². The van der Waals surface area contributed by atoms with Gasteiger partial charge < -0.3 is 10.6 Å². The number of nitrogens with one attached hydrogen (secondary N) is 2. The Bertz CT molecular complexity index is 384. The smallest absolute Gasteiger partial charge is 0.251 e. The maximum absolute atomic E-state index is 11.8. The number of aryl methyl sites for hydroxylation is 1. The fourth-order valence-electron chi connectivity index (χ4n) is 2.24. The Labute approximate surface area is 103 Å². The van der Waals surface area contributed by atoms with Crippen LogP contribution in [0.25, 0.3) is 0 Å². The molecule has 0 aromatic heterocycles. The van der Waals surface area contributed by atoms with E-state index in [-0.39, 0.29) is 5.91 Å². The largest absolute Gasteiger partial charge is 0.352 e. The number of amides is 1. The summed E-state index contributed by atoms with van der Waals surface area (Å²) in [7, 11) is 0. The Morgan fingerprint density at radius 2 is 2.41 bits per heavy atom. The first-order valence-corrected chi connectivity index (χ1v) is 6.31. The minimum absolute atomic E-state index is 0.0413. The number of benzene rings is 1. The Kier molecular flexibility index (Phi) is 4.15. The fraction of sp³-hybridized carbons (Fsp3) is 0.500. The van der Waals surface area contributed by atoms with Crippen molar-refractivity contribution in [3.05, 3.63) is 35.4 Å². The van der Waals surface area contributed by atoms with Gasteiger partial charge in [0.05, 0.1) is 0 Å². The summed E-state index contributed by atoms with van der Waals surface area (Å²) >= 11 is 0. The second-order valence-electron chi connectivity index (χ2n) is 4.77. The molecule has 0 radical (unpaired) electrons. The van der Waals surface area contributed by atoms with Crippen LogP contribution in [0.5, 0.6) is 0 Å². The van der Waals surface area contributed by atoms with Crippen LogP contribution in [0.3, 0.4) is 0 Å². The summed E-state index contributed by atoms with van der Waals surface area (Å²) in [6, 6.07) is 7.71. The Morgan fingerprint density at radius 1 is 1.53 bits per heavy atom. The van der Waals surface area contributed by atoms with Gasteiger partial charge in [-0.2, -0.15) is 0 Å². The third-order valence-electron chi connectivity index (χ3n) is 3.28. The SMILES string of the molecule is Cc1cccc(C(=O)NCCC2CCNC2)c1. The Balaban J connectivity index is 1.77. The maximum atomic E-state index is 11.8. The van der Waals surface area contributed by atoms with Crippen molar-refractivity contribution in [3.8, 4) is 0 Å². The summed E-state index contributed by atoms with van der Waals surface area (Å²) in [5.74, 6) is 0.771. The highest BCUT2D eigenvalue weighted by atomic mass is 16.1. The standard InChI is InChI=1S/C14H20N2O/c1-11-3-2-4-13(9-11)14(17)16-8-6-12-5-7-15-10-12/h2-4,9,12,15H,5-8,10H2,1H3,(H,16,17). The minimum Gasteiger partial charge on any atom is -0.352 e. The zero-order chi connectivity index (χ0) is 12.1. The second-order valence-corrected chi connectivity index (χ2v) is 4.77. The predicted octanol–water partition coefficient (Wildman–Crippen LogP) is 1.72. The van der Waals surface area contributed by atoms with Gasteiger partial charge in [0, 0.05) is 12.1 Å². The van der Waals surface area contributed by atoms with E-state index in [0.717, 1.165) is 43.1 Å². The molecule has 1 saturated heterocycles. The van der Waals surface area contributed by atoms with E-state index in [1.165, 1.54) is 6.42 Å². The van der Waals surface area contributed by atoms with Gasteiger partial charge in [0.15, 0.2) is 0 Å². The number of rotatable bonds is 4. The Hall–Kier alpha value is -1.35. The van der Waals surface area contributed by atoms with E-state index < -0.39 is 0 Å². The Morgan fingerprint density at radius 3 is 3.12 bits per heavy atom. The van der Waals surface area contributed by atoms with E-state index in [0.29, 0.717) is 0 Å². The van der Waals surface area contributed by atoms with Crippen molar-refractivity contribution in [3.63, 3.8) is 0 Å². The highest BCUT2D eigenvalue weighted by Gasteiger charge is 2.14. The molecular weight excluding hydrogens is 212 g/mol. The molecule has 2 N–H and O–H groups in total. The number of carbonyl (C=O) groups excluding carboxylic acids is 1. The quantitative estimate of drug-likeness (QED) is 0.830. The molecule has 1 aromatic rings. The molecule has 1 aromatic carbocycles. The number of carbonyl (C=O) groups is 1. The van der Waals surface area contributed by atoms with Gasteiger partial charge in [-0.15, -0.1) is 0 Å². The van der Waals surface area contributed by atoms with Crippen molar-refractivity contribution in [2.24, 2.45) is 5.92 Å². The summed E-state index contributed by atoms with van der Waals surface area (Å²) < 4.78 is 0. The van der Waals surface area contributed by atoms with Crippen LogP contribution in [-0.2, 0) is 0 Å². The summed E-state index contributed by atoms with van der Waals surface area (Å²) in [5, 5.41) is 6.32. The molecule has 0 saturated carbocycles. The molecule has 1 aliphatic heterocycles. The summed E-state index contributed by atoms with van der Waals surface area (Å²) in [6.07, 6.45) is 2.31. The van der Waals surface area contributed by atoms with Crippen molar-refractivity contribution in [2.75, 3.05) is 19.6 Å². The second kappa shape index (κ2) is 5.82. The van der Waals surface area contributed by atoms with Crippen molar-refractivity contribution < 1.29 is 4.79 Å². The van der Waals surface area contributed by atoms with Gasteiger partial charge >= 0.3 is 0 Å².